The molecule has 0 saturated heterocycles. The minimum atomic E-state index is -1.33. The van der Waals surface area contributed by atoms with Gasteiger partial charge in [0.2, 0.25) is 17.7 Å². The number of carbonyl (C=O) groups excluding carboxylic acids is 3. The number of carbonyl (C=O) groups is 5. The van der Waals surface area contributed by atoms with E-state index in [1.807, 2.05) is 13.8 Å². The van der Waals surface area contributed by atoms with Crippen LogP contribution in [0.3, 0.4) is 0 Å². The van der Waals surface area contributed by atoms with Gasteiger partial charge in [-0.05, 0) is 18.8 Å². The number of hydrogen-bond donors (Lipinski definition) is 7. The average molecular weight is 454 g/mol. The molecule has 0 radical (unpaired) electrons. The van der Waals surface area contributed by atoms with Crippen molar-refractivity contribution in [1.82, 2.24) is 25.9 Å². The second-order valence-corrected chi connectivity index (χ2v) is 7.69. The number of carboxylic acids is 2. The first-order valence-electron chi connectivity index (χ1n) is 10.0. The van der Waals surface area contributed by atoms with E-state index in [4.69, 9.17) is 10.8 Å². The molecule has 13 nitrogen and oxygen atoms in total. The van der Waals surface area contributed by atoms with Crippen LogP contribution < -0.4 is 21.7 Å². The first-order chi connectivity index (χ1) is 15.0. The highest BCUT2D eigenvalue weighted by atomic mass is 16.4. The lowest BCUT2D eigenvalue weighted by molar-refractivity contribution is -0.143. The van der Waals surface area contributed by atoms with E-state index in [1.165, 1.54) is 12.5 Å². The van der Waals surface area contributed by atoms with Crippen LogP contribution in [0, 0.1) is 5.92 Å². The molecule has 0 spiro atoms. The summed E-state index contributed by atoms with van der Waals surface area (Å²) in [7, 11) is 0. The number of H-pyrrole nitrogens is 1. The van der Waals surface area contributed by atoms with Crippen LogP contribution in [0.1, 0.15) is 38.8 Å². The minimum Gasteiger partial charge on any atom is -0.481 e. The van der Waals surface area contributed by atoms with Gasteiger partial charge in [-0.25, -0.2) is 9.78 Å². The van der Waals surface area contributed by atoms with E-state index >= 15 is 0 Å². The molecule has 1 aromatic rings. The summed E-state index contributed by atoms with van der Waals surface area (Å²) in [6.07, 6.45) is 2.37. The summed E-state index contributed by atoms with van der Waals surface area (Å²) in [5.74, 6) is -4.49. The van der Waals surface area contributed by atoms with E-state index in [2.05, 4.69) is 25.9 Å². The lowest BCUT2D eigenvalue weighted by atomic mass is 10.0. The van der Waals surface area contributed by atoms with Crippen molar-refractivity contribution in [3.63, 3.8) is 0 Å². The number of carboxylic acid groups (broad SMARTS) is 2. The Morgan fingerprint density at radius 2 is 1.78 bits per heavy atom. The van der Waals surface area contributed by atoms with E-state index < -0.39 is 60.8 Å². The molecule has 0 bridgehead atoms. The monoisotopic (exact) mass is 454 g/mol. The van der Waals surface area contributed by atoms with Crippen LogP contribution in [0.25, 0.3) is 0 Å². The zero-order valence-corrected chi connectivity index (χ0v) is 18.0. The van der Waals surface area contributed by atoms with Crippen molar-refractivity contribution in [2.75, 3.05) is 6.54 Å². The maximum Gasteiger partial charge on any atom is 0.326 e. The molecule has 0 aliphatic carbocycles. The van der Waals surface area contributed by atoms with Crippen molar-refractivity contribution in [3.8, 4) is 0 Å². The lowest BCUT2D eigenvalue weighted by Crippen LogP contribution is -2.54. The Kier molecular flexibility index (Phi) is 10.8. The Bertz CT molecular complexity index is 796. The highest BCUT2D eigenvalue weighted by Crippen LogP contribution is 2.04. The number of nitrogens with zero attached hydrogens (tertiary/aromatic N) is 1. The van der Waals surface area contributed by atoms with Gasteiger partial charge in [0.15, 0.2) is 0 Å². The minimum absolute atomic E-state index is 0.0928. The highest BCUT2D eigenvalue weighted by molar-refractivity contribution is 5.92. The molecule has 178 valence electrons. The topological polar surface area (TPSA) is 217 Å². The zero-order chi connectivity index (χ0) is 24.3. The number of hydrogen-bond acceptors (Lipinski definition) is 7. The molecule has 3 unspecified atom stereocenters. The Hall–Kier alpha value is -3.48. The van der Waals surface area contributed by atoms with Gasteiger partial charge in [-0.3, -0.25) is 19.2 Å². The molecule has 1 rings (SSSR count). The van der Waals surface area contributed by atoms with Crippen LogP contribution >= 0.6 is 0 Å². The molecule has 0 aromatic carbocycles. The zero-order valence-electron chi connectivity index (χ0n) is 18.0. The first-order valence-corrected chi connectivity index (χ1v) is 10.0. The third-order valence-corrected chi connectivity index (χ3v) is 4.38. The van der Waals surface area contributed by atoms with Crippen LogP contribution in [-0.4, -0.2) is 74.5 Å². The quantitative estimate of drug-likeness (QED) is 0.171. The van der Waals surface area contributed by atoms with Gasteiger partial charge in [0.25, 0.3) is 0 Å². The second-order valence-electron chi connectivity index (χ2n) is 7.69. The largest absolute Gasteiger partial charge is 0.481 e. The standard InChI is InChI=1S/C19H30N6O7/c1-10(2)5-12(20)17(29)22-8-15(26)24-13(3-4-16(27)28)18(30)25-14(19(31)32)6-11-7-21-9-23-11/h7,9-10,12-14H,3-6,8,20H2,1-2H3,(H,21,23)(H,22,29)(H,24,26)(H,25,30)(H,27,28)(H,31,32). The summed E-state index contributed by atoms with van der Waals surface area (Å²) in [5, 5.41) is 25.3. The molecule has 3 atom stereocenters. The predicted octanol–water partition coefficient (Wildman–Crippen LogP) is -1.64. The average Bonchev–Trinajstić information content (AvgIpc) is 3.20. The number of nitrogens with one attached hydrogen (secondary N) is 4. The molecule has 3 amide bonds. The van der Waals surface area contributed by atoms with Gasteiger partial charge >= 0.3 is 11.9 Å². The summed E-state index contributed by atoms with van der Waals surface area (Å²) < 4.78 is 0. The summed E-state index contributed by atoms with van der Waals surface area (Å²) in [6, 6.07) is -3.45. The fourth-order valence-corrected chi connectivity index (χ4v) is 2.78. The third-order valence-electron chi connectivity index (χ3n) is 4.38. The van der Waals surface area contributed by atoms with Crippen LogP contribution in [0.2, 0.25) is 0 Å². The maximum absolute atomic E-state index is 12.6. The van der Waals surface area contributed by atoms with Crippen molar-refractivity contribution in [3.05, 3.63) is 18.2 Å². The van der Waals surface area contributed by atoms with Crippen LogP contribution in [0.5, 0.6) is 0 Å². The Balaban J connectivity index is 2.73. The van der Waals surface area contributed by atoms with Gasteiger partial charge in [0.05, 0.1) is 18.9 Å². The summed E-state index contributed by atoms with van der Waals surface area (Å²) >= 11 is 0. The van der Waals surface area contributed by atoms with Gasteiger partial charge in [-0.2, -0.15) is 0 Å². The highest BCUT2D eigenvalue weighted by Gasteiger charge is 2.28. The molecule has 0 saturated carbocycles. The van der Waals surface area contributed by atoms with Gasteiger partial charge in [0, 0.05) is 24.7 Å². The number of aromatic nitrogens is 2. The lowest BCUT2D eigenvalue weighted by Gasteiger charge is -2.21. The molecule has 8 N–H and O–H groups in total. The smallest absolute Gasteiger partial charge is 0.326 e. The Morgan fingerprint density at radius 1 is 1.09 bits per heavy atom. The summed E-state index contributed by atoms with van der Waals surface area (Å²) in [4.78, 5) is 65.6. The van der Waals surface area contributed by atoms with E-state index in [-0.39, 0.29) is 18.8 Å². The van der Waals surface area contributed by atoms with E-state index in [0.717, 1.165) is 0 Å². The molecule has 1 aromatic heterocycles. The number of nitrogens with two attached hydrogens (primary N) is 1. The Labute approximate surface area is 184 Å². The van der Waals surface area contributed by atoms with E-state index in [1.54, 1.807) is 0 Å². The van der Waals surface area contributed by atoms with Crippen LogP contribution in [-0.2, 0) is 30.4 Å². The molecule has 32 heavy (non-hydrogen) atoms. The second kappa shape index (κ2) is 13.0. The van der Waals surface area contributed by atoms with Crippen LogP contribution in [0.4, 0.5) is 0 Å². The fourth-order valence-electron chi connectivity index (χ4n) is 2.78. The fraction of sp³-hybridized carbons (Fsp3) is 0.579. The maximum atomic E-state index is 12.6. The van der Waals surface area contributed by atoms with Crippen molar-refractivity contribution in [2.24, 2.45) is 11.7 Å². The van der Waals surface area contributed by atoms with Gasteiger partial charge < -0.3 is 36.9 Å². The van der Waals surface area contributed by atoms with Crippen molar-refractivity contribution in [2.45, 2.75) is 57.7 Å². The Morgan fingerprint density at radius 3 is 2.31 bits per heavy atom. The number of aromatic amines is 1. The number of rotatable bonds is 14. The SMILES string of the molecule is CC(C)CC(N)C(=O)NCC(=O)NC(CCC(=O)O)C(=O)NC(Cc1cnc[nH]1)C(=O)O. The van der Waals surface area contributed by atoms with Crippen LogP contribution in [0.15, 0.2) is 12.5 Å². The van der Waals surface area contributed by atoms with Crippen molar-refractivity contribution < 1.29 is 34.2 Å². The van der Waals surface area contributed by atoms with Gasteiger partial charge in [0.1, 0.15) is 12.1 Å². The predicted molar refractivity (Wildman–Crippen MR) is 111 cm³/mol. The molecule has 0 fully saturated rings. The van der Waals surface area contributed by atoms with Crippen molar-refractivity contribution in [1.29, 1.82) is 0 Å². The van der Waals surface area contributed by atoms with E-state index in [0.29, 0.717) is 12.1 Å². The number of aliphatic carboxylic acids is 2. The molecule has 0 aliphatic rings. The molecule has 0 aliphatic heterocycles. The summed E-state index contributed by atoms with van der Waals surface area (Å²) in [5.41, 5.74) is 6.20. The number of amides is 3. The molecule has 1 heterocycles. The normalized spacial score (nSPS) is 13.6. The molecular weight excluding hydrogens is 424 g/mol. The van der Waals surface area contributed by atoms with Crippen molar-refractivity contribution >= 4 is 29.7 Å². The van der Waals surface area contributed by atoms with Gasteiger partial charge in [-0.15, -0.1) is 0 Å². The summed E-state index contributed by atoms with van der Waals surface area (Å²) in [6.45, 7) is 3.31. The first kappa shape index (κ1) is 26.6. The number of imidazole rings is 1. The molecular formula is C19H30N6O7. The third kappa shape index (κ3) is 10.0. The van der Waals surface area contributed by atoms with Gasteiger partial charge in [-0.1, -0.05) is 13.8 Å². The molecule has 13 heteroatoms. The van der Waals surface area contributed by atoms with E-state index in [9.17, 15) is 29.1 Å².